The van der Waals surface area contributed by atoms with Crippen LogP contribution in [-0.2, 0) is 11.2 Å². The maximum Gasteiger partial charge on any atom is 0.336 e. The quantitative estimate of drug-likeness (QED) is 0.764. The van der Waals surface area contributed by atoms with E-state index in [1.807, 2.05) is 0 Å². The van der Waals surface area contributed by atoms with Crippen molar-refractivity contribution in [3.63, 3.8) is 0 Å². The van der Waals surface area contributed by atoms with Crippen molar-refractivity contribution in [2.75, 3.05) is 0 Å². The number of hydrogen-bond donors (Lipinski definition) is 3. The summed E-state index contributed by atoms with van der Waals surface area (Å²) in [6, 6.07) is 8.99. The number of phenolic OH excluding ortho intramolecular Hbond substituents is 1. The van der Waals surface area contributed by atoms with Gasteiger partial charge < -0.3 is 15.9 Å². The molecule has 2 aliphatic rings. The van der Waals surface area contributed by atoms with Crippen LogP contribution in [0, 0.1) is 0 Å². The van der Waals surface area contributed by atoms with Gasteiger partial charge in [0.05, 0.1) is 5.56 Å². The number of phenols is 1. The van der Waals surface area contributed by atoms with Gasteiger partial charge in [0.2, 0.25) is 5.91 Å². The third kappa shape index (κ3) is 2.81. The van der Waals surface area contributed by atoms with E-state index in [9.17, 15) is 24.6 Å². The molecule has 0 bridgehead atoms. The number of amides is 1. The minimum atomic E-state index is -1.15. The molecule has 2 aromatic rings. The molecule has 0 fully saturated rings. The standard InChI is InChI=1S/C22H15NO5/c23-21(26)11-1-4-18(22(27)28)19(10-11)20-16-5-2-14(24)8-12(16)7-13-9-15(25)3-6-17(13)20/h1-6,8-10,24H,7H2,(H2,23,26)(H,27,28). The fourth-order valence-corrected chi connectivity index (χ4v) is 3.66. The van der Waals surface area contributed by atoms with Crippen LogP contribution in [-0.4, -0.2) is 27.9 Å². The summed E-state index contributed by atoms with van der Waals surface area (Å²) in [7, 11) is 0. The Hall–Kier alpha value is -3.93. The van der Waals surface area contributed by atoms with Crippen LogP contribution in [0.15, 0.2) is 65.8 Å². The summed E-state index contributed by atoms with van der Waals surface area (Å²) < 4.78 is 0. The van der Waals surface area contributed by atoms with E-state index < -0.39 is 11.9 Å². The zero-order chi connectivity index (χ0) is 20.0. The van der Waals surface area contributed by atoms with E-state index in [1.165, 1.54) is 36.4 Å². The summed E-state index contributed by atoms with van der Waals surface area (Å²) in [5.74, 6) is -1.91. The Labute approximate surface area is 159 Å². The van der Waals surface area contributed by atoms with Crippen LogP contribution in [0.3, 0.4) is 0 Å². The molecule has 0 atom stereocenters. The summed E-state index contributed by atoms with van der Waals surface area (Å²) in [6.07, 6.45) is 5.01. The zero-order valence-electron chi connectivity index (χ0n) is 14.6. The monoisotopic (exact) mass is 373 g/mol. The summed E-state index contributed by atoms with van der Waals surface area (Å²) in [6.45, 7) is 0. The highest BCUT2D eigenvalue weighted by Crippen LogP contribution is 2.42. The first-order chi connectivity index (χ1) is 13.3. The number of carbonyl (C=O) groups is 3. The first kappa shape index (κ1) is 17.5. The molecule has 2 aromatic carbocycles. The average Bonchev–Trinajstić information content (AvgIpc) is 2.65. The number of benzene rings is 2. The molecule has 138 valence electrons. The Balaban J connectivity index is 2.09. The highest BCUT2D eigenvalue weighted by Gasteiger charge is 2.28. The lowest BCUT2D eigenvalue weighted by Crippen LogP contribution is -2.16. The van der Waals surface area contributed by atoms with E-state index in [4.69, 9.17) is 5.73 Å². The van der Waals surface area contributed by atoms with Crippen molar-refractivity contribution in [2.24, 2.45) is 5.73 Å². The second-order valence-electron chi connectivity index (χ2n) is 6.64. The van der Waals surface area contributed by atoms with Crippen LogP contribution in [0.2, 0.25) is 0 Å². The van der Waals surface area contributed by atoms with Gasteiger partial charge in [0, 0.05) is 5.56 Å². The third-order valence-electron chi connectivity index (χ3n) is 4.89. The molecule has 0 radical (unpaired) electrons. The minimum absolute atomic E-state index is 0.0121. The van der Waals surface area contributed by atoms with E-state index in [2.05, 4.69) is 0 Å². The molecule has 4 N–H and O–H groups in total. The van der Waals surface area contributed by atoms with E-state index in [0.29, 0.717) is 23.1 Å². The number of primary amides is 1. The lowest BCUT2D eigenvalue weighted by Gasteiger charge is -2.27. The topological polar surface area (TPSA) is 118 Å². The Morgan fingerprint density at radius 2 is 1.79 bits per heavy atom. The van der Waals surface area contributed by atoms with Gasteiger partial charge >= 0.3 is 5.97 Å². The second kappa shape index (κ2) is 6.35. The fourth-order valence-electron chi connectivity index (χ4n) is 3.66. The van der Waals surface area contributed by atoms with Gasteiger partial charge in [0.15, 0.2) is 5.78 Å². The molecule has 2 aliphatic carbocycles. The van der Waals surface area contributed by atoms with Crippen molar-refractivity contribution in [1.29, 1.82) is 0 Å². The number of hydrogen-bond acceptors (Lipinski definition) is 4. The van der Waals surface area contributed by atoms with Crippen LogP contribution in [0.25, 0.3) is 5.57 Å². The van der Waals surface area contributed by atoms with Gasteiger partial charge in [0.25, 0.3) is 0 Å². The molecule has 0 spiro atoms. The summed E-state index contributed by atoms with van der Waals surface area (Å²) in [5.41, 5.74) is 9.42. The highest BCUT2D eigenvalue weighted by molar-refractivity contribution is 6.07. The first-order valence-electron chi connectivity index (χ1n) is 8.52. The van der Waals surface area contributed by atoms with Crippen molar-refractivity contribution < 1.29 is 24.6 Å². The largest absolute Gasteiger partial charge is 0.508 e. The molecule has 0 aliphatic heterocycles. The number of aromatic hydroxyl groups is 1. The summed E-state index contributed by atoms with van der Waals surface area (Å²) >= 11 is 0. The third-order valence-corrected chi connectivity index (χ3v) is 4.89. The molecule has 6 nitrogen and oxygen atoms in total. The van der Waals surface area contributed by atoms with Gasteiger partial charge in [-0.15, -0.1) is 0 Å². The predicted octanol–water partition coefficient (Wildman–Crippen LogP) is 2.61. The van der Waals surface area contributed by atoms with Crippen LogP contribution >= 0.6 is 0 Å². The molecular formula is C22H15NO5. The molecule has 4 rings (SSSR count). The van der Waals surface area contributed by atoms with Gasteiger partial charge in [-0.2, -0.15) is 0 Å². The molecule has 28 heavy (non-hydrogen) atoms. The van der Waals surface area contributed by atoms with Gasteiger partial charge in [0.1, 0.15) is 5.75 Å². The van der Waals surface area contributed by atoms with E-state index in [-0.39, 0.29) is 22.7 Å². The molecular weight excluding hydrogens is 358 g/mol. The first-order valence-corrected chi connectivity index (χ1v) is 8.52. The average molecular weight is 373 g/mol. The maximum absolute atomic E-state index is 11.9. The fraction of sp³-hybridized carbons (Fsp3) is 0.0455. The SMILES string of the molecule is NC(=O)c1ccc(C(=O)O)c(C2=C3C=CC(=O)C=C3Cc3cc(O)ccc32)c1. The lowest BCUT2D eigenvalue weighted by molar-refractivity contribution is -0.110. The van der Waals surface area contributed by atoms with E-state index >= 15 is 0 Å². The van der Waals surface area contributed by atoms with Gasteiger partial charge in [-0.05, 0) is 82.3 Å². The number of nitrogens with two attached hydrogens (primary N) is 1. The number of rotatable bonds is 3. The molecule has 0 aromatic heterocycles. The van der Waals surface area contributed by atoms with Gasteiger partial charge in [-0.1, -0.05) is 12.1 Å². The molecule has 1 amide bonds. The van der Waals surface area contributed by atoms with Crippen LogP contribution < -0.4 is 5.73 Å². The highest BCUT2D eigenvalue weighted by atomic mass is 16.4. The molecule has 0 heterocycles. The number of carboxylic acid groups (broad SMARTS) is 1. The minimum Gasteiger partial charge on any atom is -0.508 e. The maximum atomic E-state index is 11.9. The Kier molecular flexibility index (Phi) is 3.96. The van der Waals surface area contributed by atoms with Crippen molar-refractivity contribution in [3.05, 3.63) is 93.6 Å². The molecule has 0 saturated carbocycles. The number of carbonyl (C=O) groups excluding carboxylic acids is 2. The van der Waals surface area contributed by atoms with E-state index in [0.717, 1.165) is 16.7 Å². The second-order valence-corrected chi connectivity index (χ2v) is 6.64. The van der Waals surface area contributed by atoms with Crippen LogP contribution in [0.4, 0.5) is 0 Å². The van der Waals surface area contributed by atoms with Gasteiger partial charge in [-0.25, -0.2) is 4.79 Å². The normalized spacial score (nSPS) is 15.0. The number of aromatic carboxylic acids is 1. The Bertz CT molecular complexity index is 1170. The molecule has 0 unspecified atom stereocenters. The van der Waals surface area contributed by atoms with E-state index in [1.54, 1.807) is 18.2 Å². The molecule has 6 heteroatoms. The van der Waals surface area contributed by atoms with Crippen molar-refractivity contribution in [2.45, 2.75) is 6.42 Å². The summed E-state index contributed by atoms with van der Waals surface area (Å²) in [5, 5.41) is 19.6. The lowest BCUT2D eigenvalue weighted by atomic mass is 9.76. The molecule has 0 saturated heterocycles. The van der Waals surface area contributed by atoms with Crippen LogP contribution in [0.5, 0.6) is 5.75 Å². The predicted molar refractivity (Wildman–Crippen MR) is 102 cm³/mol. The van der Waals surface area contributed by atoms with Crippen LogP contribution in [0.1, 0.15) is 37.4 Å². The number of carboxylic acids is 1. The van der Waals surface area contributed by atoms with Crippen molar-refractivity contribution >= 4 is 23.2 Å². The number of fused-ring (bicyclic) bond motifs is 2. The Morgan fingerprint density at radius 3 is 2.50 bits per heavy atom. The van der Waals surface area contributed by atoms with Crippen molar-refractivity contribution in [1.82, 2.24) is 0 Å². The number of allylic oxidation sites excluding steroid dienone is 5. The zero-order valence-corrected chi connectivity index (χ0v) is 14.6. The smallest absolute Gasteiger partial charge is 0.336 e. The van der Waals surface area contributed by atoms with Gasteiger partial charge in [-0.3, -0.25) is 9.59 Å². The van der Waals surface area contributed by atoms with Crippen molar-refractivity contribution in [3.8, 4) is 5.75 Å². The Morgan fingerprint density at radius 1 is 1.00 bits per heavy atom. The summed E-state index contributed by atoms with van der Waals surface area (Å²) in [4.78, 5) is 35.4. The number of ketones is 1.